The molecule has 2 aromatic rings. The lowest BCUT2D eigenvalue weighted by Crippen LogP contribution is -2.32. The second kappa shape index (κ2) is 6.36. The average Bonchev–Trinajstić information content (AvgIpc) is 3.29. The minimum absolute atomic E-state index is 0.0105. The third-order valence-electron chi connectivity index (χ3n) is 4.74. The predicted molar refractivity (Wildman–Crippen MR) is 90.3 cm³/mol. The fraction of sp³-hybridized carbons (Fsp3) is 0.412. The van der Waals surface area contributed by atoms with Crippen molar-refractivity contribution < 1.29 is 26.4 Å². The Labute approximate surface area is 154 Å². The number of hydrogen-bond acceptors (Lipinski definition) is 4. The monoisotopic (exact) mass is 401 g/mol. The summed E-state index contributed by atoms with van der Waals surface area (Å²) in [6, 6.07) is 5.03. The molecule has 2 unspecified atom stereocenters. The van der Waals surface area contributed by atoms with Crippen LogP contribution in [0, 0.1) is 19.8 Å². The van der Waals surface area contributed by atoms with Crippen LogP contribution in [0.5, 0.6) is 0 Å². The Balaban J connectivity index is 1.80. The zero-order valence-electron chi connectivity index (χ0n) is 14.8. The molecule has 1 N–H and O–H groups in total. The Morgan fingerprint density at radius 2 is 1.89 bits per heavy atom. The number of sulfonamides is 1. The van der Waals surface area contributed by atoms with E-state index in [0.717, 1.165) is 6.07 Å². The highest BCUT2D eigenvalue weighted by molar-refractivity contribution is 7.90. The third-order valence-corrected chi connectivity index (χ3v) is 6.34. The molecule has 0 bridgehead atoms. The molecule has 0 radical (unpaired) electrons. The van der Waals surface area contributed by atoms with E-state index in [4.69, 9.17) is 0 Å². The Morgan fingerprint density at radius 3 is 2.44 bits per heavy atom. The molecule has 3 rings (SSSR count). The fourth-order valence-corrected chi connectivity index (χ4v) is 4.78. The van der Waals surface area contributed by atoms with Gasteiger partial charge in [0.2, 0.25) is 5.91 Å². The summed E-state index contributed by atoms with van der Waals surface area (Å²) < 4.78 is 67.9. The highest BCUT2D eigenvalue weighted by atomic mass is 32.2. The fourth-order valence-electron chi connectivity index (χ4n) is 3.31. The van der Waals surface area contributed by atoms with Crippen molar-refractivity contribution in [1.29, 1.82) is 0 Å². The molecule has 1 fully saturated rings. The summed E-state index contributed by atoms with van der Waals surface area (Å²) in [6.45, 7) is 3.06. The lowest BCUT2D eigenvalue weighted by molar-refractivity contribution is -0.138. The van der Waals surface area contributed by atoms with Gasteiger partial charge in [0.15, 0.2) is 0 Å². The van der Waals surface area contributed by atoms with Gasteiger partial charge in [0.25, 0.3) is 10.0 Å². The van der Waals surface area contributed by atoms with Crippen LogP contribution >= 0.6 is 0 Å². The summed E-state index contributed by atoms with van der Waals surface area (Å²) in [6.07, 6.45) is -4.37. The highest BCUT2D eigenvalue weighted by Crippen LogP contribution is 2.51. The molecule has 0 spiro atoms. The molecule has 27 heavy (non-hydrogen) atoms. The number of nitrogens with one attached hydrogen (secondary N) is 1. The summed E-state index contributed by atoms with van der Waals surface area (Å²) in [7, 11) is -2.58. The summed E-state index contributed by atoms with van der Waals surface area (Å²) in [4.78, 5) is 12.3. The SMILES string of the molecule is Cc1nn(C)c(C)c1S(=O)(=O)NC(=O)C1CC1c1ccccc1C(F)(F)F. The molecule has 1 aromatic carbocycles. The summed E-state index contributed by atoms with van der Waals surface area (Å²) in [5.41, 5.74) is -0.184. The van der Waals surface area contributed by atoms with Crippen molar-refractivity contribution in [2.75, 3.05) is 0 Å². The molecule has 1 saturated carbocycles. The molecule has 1 heterocycles. The van der Waals surface area contributed by atoms with E-state index < -0.39 is 39.5 Å². The molecule has 1 aromatic heterocycles. The van der Waals surface area contributed by atoms with Gasteiger partial charge in [-0.2, -0.15) is 18.3 Å². The van der Waals surface area contributed by atoms with Crippen LogP contribution in [0.25, 0.3) is 0 Å². The first-order valence-electron chi connectivity index (χ1n) is 8.16. The van der Waals surface area contributed by atoms with Gasteiger partial charge >= 0.3 is 6.18 Å². The maximum Gasteiger partial charge on any atom is 0.416 e. The van der Waals surface area contributed by atoms with E-state index in [0.29, 0.717) is 5.69 Å². The van der Waals surface area contributed by atoms with Crippen LogP contribution in [-0.4, -0.2) is 24.1 Å². The first-order chi connectivity index (χ1) is 12.4. The Hall–Kier alpha value is -2.36. The largest absolute Gasteiger partial charge is 0.416 e. The normalized spacial score (nSPS) is 19.8. The van der Waals surface area contributed by atoms with E-state index in [2.05, 4.69) is 5.10 Å². The van der Waals surface area contributed by atoms with Crippen LogP contribution in [0.3, 0.4) is 0 Å². The van der Waals surface area contributed by atoms with Crippen molar-refractivity contribution in [3.05, 3.63) is 46.8 Å². The Morgan fingerprint density at radius 1 is 1.26 bits per heavy atom. The van der Waals surface area contributed by atoms with E-state index >= 15 is 0 Å². The van der Waals surface area contributed by atoms with Crippen LogP contribution in [0.15, 0.2) is 29.2 Å². The number of hydrogen-bond donors (Lipinski definition) is 1. The minimum Gasteiger partial charge on any atom is -0.274 e. The van der Waals surface area contributed by atoms with Gasteiger partial charge < -0.3 is 0 Å². The number of carbonyl (C=O) groups excluding carboxylic acids is 1. The molecule has 6 nitrogen and oxygen atoms in total. The molecule has 1 aliphatic rings. The number of amides is 1. The van der Waals surface area contributed by atoms with E-state index in [-0.39, 0.29) is 22.6 Å². The number of aryl methyl sites for hydroxylation is 2. The first kappa shape index (κ1) is 19.4. The number of rotatable bonds is 4. The van der Waals surface area contributed by atoms with Crippen molar-refractivity contribution in [3.63, 3.8) is 0 Å². The number of halogens is 3. The van der Waals surface area contributed by atoms with Crippen LogP contribution < -0.4 is 4.72 Å². The molecular weight excluding hydrogens is 383 g/mol. The smallest absolute Gasteiger partial charge is 0.274 e. The average molecular weight is 401 g/mol. The first-order valence-corrected chi connectivity index (χ1v) is 9.64. The van der Waals surface area contributed by atoms with Gasteiger partial charge in [0.05, 0.1) is 17.0 Å². The quantitative estimate of drug-likeness (QED) is 0.854. The van der Waals surface area contributed by atoms with E-state index in [1.165, 1.54) is 29.8 Å². The van der Waals surface area contributed by atoms with Gasteiger partial charge in [-0.05, 0) is 37.8 Å². The zero-order valence-corrected chi connectivity index (χ0v) is 15.6. The topological polar surface area (TPSA) is 81.1 Å². The van der Waals surface area contributed by atoms with Gasteiger partial charge in [-0.15, -0.1) is 0 Å². The zero-order chi connectivity index (χ0) is 20.1. The van der Waals surface area contributed by atoms with Crippen molar-refractivity contribution >= 4 is 15.9 Å². The maximum atomic E-state index is 13.1. The van der Waals surface area contributed by atoms with Gasteiger partial charge in [-0.3, -0.25) is 9.48 Å². The molecule has 2 atom stereocenters. The minimum atomic E-state index is -4.53. The van der Waals surface area contributed by atoms with Crippen LogP contribution in [0.4, 0.5) is 13.2 Å². The van der Waals surface area contributed by atoms with Crippen LogP contribution in [0.2, 0.25) is 0 Å². The maximum absolute atomic E-state index is 13.1. The number of benzene rings is 1. The molecule has 1 aliphatic carbocycles. The second-order valence-corrected chi connectivity index (χ2v) is 8.25. The molecule has 0 aliphatic heterocycles. The van der Waals surface area contributed by atoms with E-state index in [9.17, 15) is 26.4 Å². The number of nitrogens with zero attached hydrogens (tertiary/aromatic N) is 2. The molecule has 0 saturated heterocycles. The summed E-state index contributed by atoms with van der Waals surface area (Å²) in [5, 5.41) is 4.01. The van der Waals surface area contributed by atoms with Crippen molar-refractivity contribution in [1.82, 2.24) is 14.5 Å². The van der Waals surface area contributed by atoms with Crippen molar-refractivity contribution in [3.8, 4) is 0 Å². The van der Waals surface area contributed by atoms with Crippen molar-refractivity contribution in [2.24, 2.45) is 13.0 Å². The van der Waals surface area contributed by atoms with E-state index in [1.807, 2.05) is 4.72 Å². The lowest BCUT2D eigenvalue weighted by Gasteiger charge is -2.12. The summed E-state index contributed by atoms with van der Waals surface area (Å²) in [5.74, 6) is -2.28. The lowest BCUT2D eigenvalue weighted by atomic mass is 10.0. The van der Waals surface area contributed by atoms with Gasteiger partial charge in [-0.1, -0.05) is 18.2 Å². The van der Waals surface area contributed by atoms with Gasteiger partial charge in [0, 0.05) is 13.0 Å². The number of alkyl halides is 3. The molecule has 146 valence electrons. The number of aromatic nitrogens is 2. The van der Waals surface area contributed by atoms with Crippen molar-refractivity contribution in [2.45, 2.75) is 37.3 Å². The highest BCUT2D eigenvalue weighted by Gasteiger charge is 2.48. The van der Waals surface area contributed by atoms with Gasteiger partial charge in [0.1, 0.15) is 4.90 Å². The van der Waals surface area contributed by atoms with Crippen LogP contribution in [-0.2, 0) is 28.0 Å². The van der Waals surface area contributed by atoms with E-state index in [1.54, 1.807) is 14.0 Å². The Bertz CT molecular complexity index is 1010. The van der Waals surface area contributed by atoms with Crippen LogP contribution in [0.1, 0.15) is 34.9 Å². The molecular formula is C17H18F3N3O3S. The predicted octanol–water partition coefficient (Wildman–Crippen LogP) is 2.66. The third kappa shape index (κ3) is 3.58. The Kier molecular flexibility index (Phi) is 4.57. The standard InChI is InChI=1S/C17H18F3N3O3S/c1-9-15(10(2)23(3)21-9)27(25,26)22-16(24)13-8-12(13)11-6-4-5-7-14(11)17(18,19)20/h4-7,12-13H,8H2,1-3H3,(H,22,24). The molecule has 1 amide bonds. The summed E-state index contributed by atoms with van der Waals surface area (Å²) >= 11 is 0. The van der Waals surface area contributed by atoms with Gasteiger partial charge in [-0.25, -0.2) is 13.1 Å². The second-order valence-electron chi connectivity index (χ2n) is 6.63. The number of carbonyl (C=O) groups is 1. The molecule has 10 heteroatoms.